The van der Waals surface area contributed by atoms with Gasteiger partial charge in [-0.15, -0.1) is 0 Å². The summed E-state index contributed by atoms with van der Waals surface area (Å²) in [6.45, 7) is 3.67. The van der Waals surface area contributed by atoms with Gasteiger partial charge in [0, 0.05) is 7.05 Å². The van der Waals surface area contributed by atoms with Crippen molar-refractivity contribution in [2.45, 2.75) is 12.8 Å². The van der Waals surface area contributed by atoms with E-state index in [1.807, 2.05) is 36.4 Å². The van der Waals surface area contributed by atoms with Gasteiger partial charge in [-0.2, -0.15) is 0 Å². The lowest BCUT2D eigenvalue weighted by molar-refractivity contribution is 1.02. The monoisotopic (exact) mass is 250 g/mol. The van der Waals surface area contributed by atoms with E-state index in [1.165, 1.54) is 0 Å². The molecule has 1 aromatic carbocycles. The zero-order chi connectivity index (χ0) is 13.5. The molecule has 0 saturated heterocycles. The number of hydrogen-bond donors (Lipinski definition) is 0. The SMILES string of the molecule is C=N/C(=C\C(=NC)c1ccccc1)C1=CCCC=C1. The first-order valence-electron chi connectivity index (χ1n) is 6.43. The molecule has 0 aromatic heterocycles. The van der Waals surface area contributed by atoms with Gasteiger partial charge in [-0.25, -0.2) is 0 Å². The van der Waals surface area contributed by atoms with Crippen LogP contribution in [0.4, 0.5) is 0 Å². The highest BCUT2D eigenvalue weighted by Gasteiger charge is 2.06. The molecule has 1 aromatic rings. The minimum Gasteiger partial charge on any atom is -0.288 e. The van der Waals surface area contributed by atoms with Gasteiger partial charge in [-0.05, 0) is 36.8 Å². The molecule has 0 N–H and O–H groups in total. The van der Waals surface area contributed by atoms with Crippen LogP contribution in [-0.4, -0.2) is 19.5 Å². The minimum atomic E-state index is 0.875. The van der Waals surface area contributed by atoms with Gasteiger partial charge in [-0.1, -0.05) is 48.6 Å². The second-order valence-corrected chi connectivity index (χ2v) is 4.30. The Balaban J connectivity index is 2.34. The molecule has 0 atom stereocenters. The predicted molar refractivity (Wildman–Crippen MR) is 83.0 cm³/mol. The summed E-state index contributed by atoms with van der Waals surface area (Å²) >= 11 is 0. The third-order valence-corrected chi connectivity index (χ3v) is 3.04. The second-order valence-electron chi connectivity index (χ2n) is 4.30. The van der Waals surface area contributed by atoms with Crippen molar-refractivity contribution in [1.82, 2.24) is 0 Å². The standard InChI is InChI=1S/C17H18N2/c1-18-16(14-9-5-3-6-10-14)13-17(19-2)15-11-7-4-8-12-15/h4-5,7-13H,1,3,6H2,2H3/b16-13-,19-17?. The Hall–Kier alpha value is -2.22. The molecule has 0 bridgehead atoms. The number of hydrogen-bond acceptors (Lipinski definition) is 2. The van der Waals surface area contributed by atoms with E-state index in [-0.39, 0.29) is 0 Å². The number of allylic oxidation sites excluding steroid dienone is 4. The molecule has 19 heavy (non-hydrogen) atoms. The fourth-order valence-corrected chi connectivity index (χ4v) is 2.04. The van der Waals surface area contributed by atoms with Gasteiger partial charge in [0.15, 0.2) is 0 Å². The summed E-state index contributed by atoms with van der Waals surface area (Å²) in [5, 5.41) is 0. The molecule has 0 saturated carbocycles. The maximum Gasteiger partial charge on any atom is 0.0712 e. The van der Waals surface area contributed by atoms with Crippen molar-refractivity contribution >= 4 is 12.4 Å². The van der Waals surface area contributed by atoms with Gasteiger partial charge in [0.05, 0.1) is 11.4 Å². The van der Waals surface area contributed by atoms with Crippen LogP contribution in [0, 0.1) is 0 Å². The normalized spacial score (nSPS) is 16.2. The van der Waals surface area contributed by atoms with E-state index in [4.69, 9.17) is 0 Å². The van der Waals surface area contributed by atoms with Crippen molar-refractivity contribution in [3.05, 3.63) is 71.5 Å². The Morgan fingerprint density at radius 2 is 2.00 bits per heavy atom. The number of benzene rings is 1. The second kappa shape index (κ2) is 6.64. The molecule has 1 aliphatic rings. The fraction of sp³-hybridized carbons (Fsp3) is 0.176. The van der Waals surface area contributed by atoms with Crippen LogP contribution >= 0.6 is 0 Å². The molecule has 0 unspecified atom stereocenters. The molecule has 2 rings (SSSR count). The Kier molecular flexibility index (Phi) is 4.62. The number of rotatable bonds is 4. The van der Waals surface area contributed by atoms with Crippen molar-refractivity contribution in [1.29, 1.82) is 0 Å². The van der Waals surface area contributed by atoms with E-state index in [1.54, 1.807) is 7.05 Å². The summed E-state index contributed by atoms with van der Waals surface area (Å²) < 4.78 is 0. The van der Waals surface area contributed by atoms with E-state index in [0.29, 0.717) is 0 Å². The molecule has 96 valence electrons. The van der Waals surface area contributed by atoms with Gasteiger partial charge in [0.2, 0.25) is 0 Å². The van der Waals surface area contributed by atoms with Crippen molar-refractivity contribution < 1.29 is 0 Å². The lowest BCUT2D eigenvalue weighted by Crippen LogP contribution is -1.99. The first-order chi connectivity index (χ1) is 9.35. The summed E-state index contributed by atoms with van der Waals surface area (Å²) in [7, 11) is 1.80. The van der Waals surface area contributed by atoms with Crippen LogP contribution in [0.3, 0.4) is 0 Å². The lowest BCUT2D eigenvalue weighted by Gasteiger charge is -2.08. The van der Waals surface area contributed by atoms with E-state index >= 15 is 0 Å². The molecule has 2 heteroatoms. The highest BCUT2D eigenvalue weighted by atomic mass is 14.7. The maximum atomic E-state index is 4.34. The Morgan fingerprint density at radius 3 is 2.58 bits per heavy atom. The van der Waals surface area contributed by atoms with E-state index < -0.39 is 0 Å². The van der Waals surface area contributed by atoms with Gasteiger partial charge >= 0.3 is 0 Å². The highest BCUT2D eigenvalue weighted by Crippen LogP contribution is 2.19. The smallest absolute Gasteiger partial charge is 0.0712 e. The first kappa shape index (κ1) is 13.2. The molecule has 0 spiro atoms. The molecule has 2 nitrogen and oxygen atoms in total. The van der Waals surface area contributed by atoms with E-state index in [2.05, 4.69) is 34.9 Å². The molecule has 0 amide bonds. The molecule has 1 aliphatic carbocycles. The average Bonchev–Trinajstić information content (AvgIpc) is 2.50. The summed E-state index contributed by atoms with van der Waals surface area (Å²) in [6, 6.07) is 10.1. The third-order valence-electron chi connectivity index (χ3n) is 3.04. The van der Waals surface area contributed by atoms with Crippen molar-refractivity contribution in [2.24, 2.45) is 9.98 Å². The van der Waals surface area contributed by atoms with Crippen LogP contribution in [0.5, 0.6) is 0 Å². The fourth-order valence-electron chi connectivity index (χ4n) is 2.04. The number of nitrogens with zero attached hydrogens (tertiary/aromatic N) is 2. The Labute approximate surface area is 114 Å². The predicted octanol–water partition coefficient (Wildman–Crippen LogP) is 3.97. The average molecular weight is 250 g/mol. The summed E-state index contributed by atoms with van der Waals surface area (Å²) in [6.07, 6.45) is 10.6. The lowest BCUT2D eigenvalue weighted by atomic mass is 10.0. The van der Waals surface area contributed by atoms with Gasteiger partial charge in [0.1, 0.15) is 0 Å². The minimum absolute atomic E-state index is 0.875. The zero-order valence-electron chi connectivity index (χ0n) is 11.2. The molecule has 0 fully saturated rings. The van der Waals surface area contributed by atoms with Gasteiger partial charge in [0.25, 0.3) is 0 Å². The quantitative estimate of drug-likeness (QED) is 0.722. The zero-order valence-corrected chi connectivity index (χ0v) is 11.2. The van der Waals surface area contributed by atoms with Gasteiger partial charge in [-0.3, -0.25) is 9.98 Å². The molecule has 0 aliphatic heterocycles. The van der Waals surface area contributed by atoms with Crippen molar-refractivity contribution in [3.8, 4) is 0 Å². The summed E-state index contributed by atoms with van der Waals surface area (Å²) in [4.78, 5) is 8.48. The van der Waals surface area contributed by atoms with E-state index in [9.17, 15) is 0 Å². The third kappa shape index (κ3) is 3.38. The van der Waals surface area contributed by atoms with Gasteiger partial charge < -0.3 is 0 Å². The van der Waals surface area contributed by atoms with Crippen molar-refractivity contribution in [3.63, 3.8) is 0 Å². The van der Waals surface area contributed by atoms with Crippen LogP contribution in [0.15, 0.2) is 75.9 Å². The van der Waals surface area contributed by atoms with Crippen LogP contribution in [0.1, 0.15) is 18.4 Å². The Bertz CT molecular complexity index is 560. The molecular weight excluding hydrogens is 232 g/mol. The number of aliphatic imine (C=N–C) groups is 2. The topological polar surface area (TPSA) is 24.7 Å². The Morgan fingerprint density at radius 1 is 1.21 bits per heavy atom. The van der Waals surface area contributed by atoms with Crippen LogP contribution in [0.25, 0.3) is 0 Å². The summed E-state index contributed by atoms with van der Waals surface area (Å²) in [5.74, 6) is 0. The largest absolute Gasteiger partial charge is 0.288 e. The van der Waals surface area contributed by atoms with Crippen LogP contribution < -0.4 is 0 Å². The van der Waals surface area contributed by atoms with E-state index in [0.717, 1.165) is 35.4 Å². The molecule has 0 radical (unpaired) electrons. The summed E-state index contributed by atoms with van der Waals surface area (Å²) in [5.41, 5.74) is 4.01. The highest BCUT2D eigenvalue weighted by molar-refractivity contribution is 6.09. The maximum absolute atomic E-state index is 4.34. The molecular formula is C17H18N2. The molecule has 0 heterocycles. The van der Waals surface area contributed by atoms with Crippen LogP contribution in [-0.2, 0) is 0 Å². The van der Waals surface area contributed by atoms with Crippen LogP contribution in [0.2, 0.25) is 0 Å². The first-order valence-corrected chi connectivity index (χ1v) is 6.43. The van der Waals surface area contributed by atoms with Crippen molar-refractivity contribution in [2.75, 3.05) is 7.05 Å².